The number of esters is 1. The van der Waals surface area contributed by atoms with Crippen molar-refractivity contribution in [2.45, 2.75) is 19.8 Å². The first-order valence-electron chi connectivity index (χ1n) is 7.34. The number of hydrogen-bond acceptors (Lipinski definition) is 3. The number of hydrogen-bond donors (Lipinski definition) is 0. The lowest BCUT2D eigenvalue weighted by Crippen LogP contribution is -2.03. The van der Waals surface area contributed by atoms with Crippen LogP contribution in [0.3, 0.4) is 0 Å². The zero-order chi connectivity index (χ0) is 15.8. The van der Waals surface area contributed by atoms with Gasteiger partial charge in [0, 0.05) is 6.08 Å². The van der Waals surface area contributed by atoms with E-state index in [4.69, 9.17) is 9.47 Å². The molecule has 114 valence electrons. The summed E-state index contributed by atoms with van der Waals surface area (Å²) in [7, 11) is 1.62. The Bertz CT molecular complexity index is 625. The second-order valence-electron chi connectivity index (χ2n) is 4.92. The lowest BCUT2D eigenvalue weighted by atomic mass is 10.1. The number of methoxy groups -OCH3 is 1. The van der Waals surface area contributed by atoms with Crippen LogP contribution in [0.1, 0.15) is 24.5 Å². The van der Waals surface area contributed by atoms with E-state index in [2.05, 4.69) is 6.92 Å². The first kappa shape index (κ1) is 15.8. The van der Waals surface area contributed by atoms with Crippen LogP contribution in [0.25, 0.3) is 6.08 Å². The molecule has 0 amide bonds. The third-order valence-electron chi connectivity index (χ3n) is 3.21. The molecule has 22 heavy (non-hydrogen) atoms. The summed E-state index contributed by atoms with van der Waals surface area (Å²) in [6.07, 6.45) is 5.27. The van der Waals surface area contributed by atoms with Crippen LogP contribution in [0.15, 0.2) is 54.6 Å². The fourth-order valence-corrected chi connectivity index (χ4v) is 2.04. The molecule has 3 nitrogen and oxygen atoms in total. The molecule has 2 aromatic rings. The van der Waals surface area contributed by atoms with E-state index in [-0.39, 0.29) is 5.97 Å². The minimum atomic E-state index is -0.390. The minimum Gasteiger partial charge on any atom is -0.497 e. The van der Waals surface area contributed by atoms with Crippen molar-refractivity contribution in [3.05, 3.63) is 65.7 Å². The van der Waals surface area contributed by atoms with Gasteiger partial charge in [0.05, 0.1) is 7.11 Å². The van der Waals surface area contributed by atoms with Gasteiger partial charge in [0.25, 0.3) is 0 Å². The first-order valence-corrected chi connectivity index (χ1v) is 7.34. The number of rotatable bonds is 6. The van der Waals surface area contributed by atoms with Gasteiger partial charge in [0.15, 0.2) is 0 Å². The van der Waals surface area contributed by atoms with Gasteiger partial charge in [0.2, 0.25) is 0 Å². The third kappa shape index (κ3) is 4.77. The summed E-state index contributed by atoms with van der Waals surface area (Å²) in [5.74, 6) is 0.954. The van der Waals surface area contributed by atoms with Gasteiger partial charge < -0.3 is 9.47 Å². The first-order chi connectivity index (χ1) is 10.7. The van der Waals surface area contributed by atoms with Crippen LogP contribution in [0.5, 0.6) is 11.5 Å². The highest BCUT2D eigenvalue weighted by atomic mass is 16.5. The van der Waals surface area contributed by atoms with Gasteiger partial charge in [-0.05, 0) is 47.9 Å². The number of aryl methyl sites for hydroxylation is 1. The predicted octanol–water partition coefficient (Wildman–Crippen LogP) is 4.27. The molecule has 0 radical (unpaired) electrons. The minimum absolute atomic E-state index is 0.390. The molecule has 0 heterocycles. The molecule has 0 N–H and O–H groups in total. The van der Waals surface area contributed by atoms with E-state index in [1.54, 1.807) is 13.2 Å². The van der Waals surface area contributed by atoms with Gasteiger partial charge in [-0.1, -0.05) is 37.6 Å². The maximum atomic E-state index is 11.8. The summed E-state index contributed by atoms with van der Waals surface area (Å²) in [6.45, 7) is 2.14. The van der Waals surface area contributed by atoms with Crippen LogP contribution >= 0.6 is 0 Å². The molecule has 0 saturated heterocycles. The Kier molecular flexibility index (Phi) is 5.78. The van der Waals surface area contributed by atoms with Crippen LogP contribution in [0.4, 0.5) is 0 Å². The highest BCUT2D eigenvalue weighted by molar-refractivity contribution is 5.88. The highest BCUT2D eigenvalue weighted by Crippen LogP contribution is 2.15. The normalized spacial score (nSPS) is 10.6. The molecule has 0 bridgehead atoms. The quantitative estimate of drug-likeness (QED) is 0.454. The Balaban J connectivity index is 1.92. The number of carbonyl (C=O) groups is 1. The van der Waals surface area contributed by atoms with Crippen molar-refractivity contribution in [3.8, 4) is 11.5 Å². The zero-order valence-electron chi connectivity index (χ0n) is 12.9. The van der Waals surface area contributed by atoms with Crippen molar-refractivity contribution >= 4 is 12.0 Å². The van der Waals surface area contributed by atoms with Crippen molar-refractivity contribution < 1.29 is 14.3 Å². The third-order valence-corrected chi connectivity index (χ3v) is 3.21. The van der Waals surface area contributed by atoms with E-state index in [9.17, 15) is 4.79 Å². The average molecular weight is 296 g/mol. The summed E-state index contributed by atoms with van der Waals surface area (Å²) >= 11 is 0. The van der Waals surface area contributed by atoms with E-state index in [0.717, 1.165) is 24.2 Å². The van der Waals surface area contributed by atoms with Crippen LogP contribution in [0.2, 0.25) is 0 Å². The SMILES string of the molecule is CCCc1ccc(OC(=O)C=Cc2ccc(OC)cc2)cc1. The van der Waals surface area contributed by atoms with Gasteiger partial charge in [-0.15, -0.1) is 0 Å². The molecule has 0 fully saturated rings. The van der Waals surface area contributed by atoms with E-state index in [1.807, 2.05) is 48.5 Å². The molecule has 0 aliphatic carbocycles. The summed E-state index contributed by atoms with van der Waals surface area (Å²) in [4.78, 5) is 11.8. The molecule has 0 aromatic heterocycles. The molecule has 3 heteroatoms. The summed E-state index contributed by atoms with van der Waals surface area (Å²) in [6, 6.07) is 15.1. The molecular formula is C19H20O3. The van der Waals surface area contributed by atoms with Crippen molar-refractivity contribution in [1.82, 2.24) is 0 Å². The Morgan fingerprint density at radius 2 is 1.64 bits per heavy atom. The van der Waals surface area contributed by atoms with Gasteiger partial charge in [0.1, 0.15) is 11.5 Å². The smallest absolute Gasteiger partial charge is 0.336 e. The van der Waals surface area contributed by atoms with Gasteiger partial charge in [-0.25, -0.2) is 4.79 Å². The maximum absolute atomic E-state index is 11.8. The molecule has 2 rings (SSSR count). The van der Waals surface area contributed by atoms with Crippen LogP contribution in [-0.4, -0.2) is 13.1 Å². The molecule has 0 spiro atoms. The van der Waals surface area contributed by atoms with Gasteiger partial charge >= 0.3 is 5.97 Å². The Morgan fingerprint density at radius 1 is 1.00 bits per heavy atom. The standard InChI is InChI=1S/C19H20O3/c1-3-4-15-7-12-18(13-8-15)22-19(20)14-9-16-5-10-17(21-2)11-6-16/h5-14H,3-4H2,1-2H3. The zero-order valence-corrected chi connectivity index (χ0v) is 12.9. The van der Waals surface area contributed by atoms with Crippen LogP contribution in [-0.2, 0) is 11.2 Å². The van der Waals surface area contributed by atoms with Crippen LogP contribution in [0, 0.1) is 0 Å². The Labute approximate surface area is 131 Å². The molecule has 0 unspecified atom stereocenters. The Hall–Kier alpha value is -2.55. The molecule has 0 saturated carbocycles. The van der Waals surface area contributed by atoms with E-state index >= 15 is 0 Å². The lowest BCUT2D eigenvalue weighted by Gasteiger charge is -2.03. The average Bonchev–Trinajstić information content (AvgIpc) is 2.55. The van der Waals surface area contributed by atoms with Crippen molar-refractivity contribution in [3.63, 3.8) is 0 Å². The fraction of sp³-hybridized carbons (Fsp3) is 0.211. The maximum Gasteiger partial charge on any atom is 0.336 e. The largest absolute Gasteiger partial charge is 0.497 e. The fourth-order valence-electron chi connectivity index (χ4n) is 2.04. The molecule has 0 aliphatic rings. The second-order valence-corrected chi connectivity index (χ2v) is 4.92. The summed E-state index contributed by atoms with van der Waals surface area (Å²) in [5.41, 5.74) is 2.16. The van der Waals surface area contributed by atoms with Crippen LogP contribution < -0.4 is 9.47 Å². The Morgan fingerprint density at radius 3 is 2.23 bits per heavy atom. The van der Waals surface area contributed by atoms with Gasteiger partial charge in [-0.2, -0.15) is 0 Å². The number of ether oxygens (including phenoxy) is 2. The molecular weight excluding hydrogens is 276 g/mol. The monoisotopic (exact) mass is 296 g/mol. The van der Waals surface area contributed by atoms with Crippen molar-refractivity contribution in [1.29, 1.82) is 0 Å². The van der Waals surface area contributed by atoms with E-state index in [0.29, 0.717) is 5.75 Å². The summed E-state index contributed by atoms with van der Waals surface area (Å²) in [5, 5.41) is 0. The second kappa shape index (κ2) is 8.03. The molecule has 0 aliphatic heterocycles. The lowest BCUT2D eigenvalue weighted by molar-refractivity contribution is -0.128. The molecule has 2 aromatic carbocycles. The topological polar surface area (TPSA) is 35.5 Å². The van der Waals surface area contributed by atoms with Gasteiger partial charge in [-0.3, -0.25) is 0 Å². The highest BCUT2D eigenvalue weighted by Gasteiger charge is 2.01. The predicted molar refractivity (Wildman–Crippen MR) is 88.1 cm³/mol. The number of carbonyl (C=O) groups excluding carboxylic acids is 1. The van der Waals surface area contributed by atoms with E-state index < -0.39 is 0 Å². The van der Waals surface area contributed by atoms with Crippen molar-refractivity contribution in [2.24, 2.45) is 0 Å². The number of benzene rings is 2. The van der Waals surface area contributed by atoms with Crippen molar-refractivity contribution in [2.75, 3.05) is 7.11 Å². The van der Waals surface area contributed by atoms with E-state index in [1.165, 1.54) is 11.6 Å². The molecule has 0 atom stereocenters. The summed E-state index contributed by atoms with van der Waals surface area (Å²) < 4.78 is 10.3.